The third-order valence-electron chi connectivity index (χ3n) is 3.83. The van der Waals surface area contributed by atoms with Gasteiger partial charge in [0.1, 0.15) is 16.4 Å². The van der Waals surface area contributed by atoms with Gasteiger partial charge in [-0.1, -0.05) is 13.8 Å². The van der Waals surface area contributed by atoms with Gasteiger partial charge in [-0.3, -0.25) is 4.79 Å². The smallest absolute Gasteiger partial charge is 0.248 e. The molecule has 0 saturated carbocycles. The van der Waals surface area contributed by atoms with E-state index in [9.17, 15) is 13.2 Å². The van der Waals surface area contributed by atoms with E-state index in [0.717, 1.165) is 0 Å². The van der Waals surface area contributed by atoms with Gasteiger partial charge in [-0.25, -0.2) is 8.42 Å². The molecule has 152 valence electrons. The largest absolute Gasteiger partial charge is 0.492 e. The number of carbonyl (C=O) groups excluding carboxylic acids is 1. The molecule has 0 saturated heterocycles. The zero-order valence-electron chi connectivity index (χ0n) is 15.9. The number of nitrogens with one attached hydrogen (secondary N) is 1. The third kappa shape index (κ3) is 5.46. The van der Waals surface area contributed by atoms with E-state index in [2.05, 4.69) is 21.2 Å². The first-order valence-corrected chi connectivity index (χ1v) is 11.1. The Labute approximate surface area is 173 Å². The van der Waals surface area contributed by atoms with Crippen LogP contribution in [0, 0.1) is 0 Å². The minimum atomic E-state index is -3.75. The molecule has 1 N–H and O–H groups in total. The first-order chi connectivity index (χ1) is 13.3. The maximum atomic E-state index is 12.9. The molecule has 28 heavy (non-hydrogen) atoms. The van der Waals surface area contributed by atoms with E-state index in [1.54, 1.807) is 45.0 Å². The van der Waals surface area contributed by atoms with Crippen molar-refractivity contribution < 1.29 is 22.4 Å². The van der Waals surface area contributed by atoms with Crippen molar-refractivity contribution in [3.63, 3.8) is 0 Å². The summed E-state index contributed by atoms with van der Waals surface area (Å²) in [5, 5.41) is 2.66. The number of hydrogen-bond donors (Lipinski definition) is 1. The van der Waals surface area contributed by atoms with Gasteiger partial charge in [0, 0.05) is 24.9 Å². The van der Waals surface area contributed by atoms with E-state index in [-0.39, 0.29) is 10.6 Å². The molecule has 0 fully saturated rings. The van der Waals surface area contributed by atoms with Gasteiger partial charge in [-0.05, 0) is 59.3 Å². The monoisotopic (exact) mass is 470 g/mol. The molecule has 0 spiro atoms. The van der Waals surface area contributed by atoms with E-state index < -0.39 is 15.9 Å². The van der Waals surface area contributed by atoms with Crippen molar-refractivity contribution in [2.45, 2.75) is 25.7 Å². The van der Waals surface area contributed by atoms with Crippen molar-refractivity contribution in [2.75, 3.05) is 25.0 Å². The minimum Gasteiger partial charge on any atom is -0.492 e. The summed E-state index contributed by atoms with van der Waals surface area (Å²) in [5.74, 6) is 0.352. The van der Waals surface area contributed by atoms with Crippen molar-refractivity contribution in [1.29, 1.82) is 0 Å². The summed E-state index contributed by atoms with van der Waals surface area (Å²) in [7, 11) is -3.75. The van der Waals surface area contributed by atoms with Gasteiger partial charge >= 0.3 is 0 Å². The van der Waals surface area contributed by atoms with Crippen LogP contribution in [0.3, 0.4) is 0 Å². The Morgan fingerprint density at radius 3 is 2.50 bits per heavy atom. The first kappa shape index (κ1) is 22.2. The third-order valence-corrected chi connectivity index (χ3v) is 6.32. The van der Waals surface area contributed by atoms with E-state index in [1.807, 2.05) is 0 Å². The van der Waals surface area contributed by atoms with Crippen LogP contribution in [0.2, 0.25) is 0 Å². The average molecular weight is 471 g/mol. The molecule has 0 aliphatic heterocycles. The minimum absolute atomic E-state index is 0.0230. The van der Waals surface area contributed by atoms with Crippen LogP contribution in [-0.4, -0.2) is 38.3 Å². The average Bonchev–Trinajstić information content (AvgIpc) is 3.07. The molecular weight excluding hydrogens is 448 g/mol. The second-order valence-corrected chi connectivity index (χ2v) is 8.34. The number of hydrogen-bond acceptors (Lipinski definition) is 5. The molecule has 9 heteroatoms. The molecule has 2 aromatic rings. The highest BCUT2D eigenvalue weighted by Crippen LogP contribution is 2.30. The molecule has 1 amide bonds. The second-order valence-electron chi connectivity index (χ2n) is 5.65. The molecule has 0 radical (unpaired) electrons. The number of halogens is 1. The van der Waals surface area contributed by atoms with E-state index in [1.165, 1.54) is 22.5 Å². The Kier molecular flexibility index (Phi) is 7.85. The Hall–Kier alpha value is -2.10. The number of benzene rings is 1. The molecule has 2 rings (SSSR count). The molecule has 1 aromatic heterocycles. The van der Waals surface area contributed by atoms with Crippen LogP contribution in [0.4, 0.5) is 5.69 Å². The van der Waals surface area contributed by atoms with Gasteiger partial charge in [-0.2, -0.15) is 4.31 Å². The second kappa shape index (κ2) is 9.90. The quantitative estimate of drug-likeness (QED) is 0.556. The zero-order valence-corrected chi connectivity index (χ0v) is 18.3. The molecule has 0 aliphatic carbocycles. The van der Waals surface area contributed by atoms with Crippen molar-refractivity contribution in [3.8, 4) is 5.75 Å². The van der Waals surface area contributed by atoms with Crippen LogP contribution in [-0.2, 0) is 14.8 Å². The van der Waals surface area contributed by atoms with Gasteiger partial charge < -0.3 is 14.5 Å². The maximum absolute atomic E-state index is 12.9. The van der Waals surface area contributed by atoms with Crippen LogP contribution in [0.25, 0.3) is 6.08 Å². The predicted octanol–water partition coefficient (Wildman–Crippen LogP) is 4.12. The molecule has 0 atom stereocenters. The van der Waals surface area contributed by atoms with Gasteiger partial charge in [-0.15, -0.1) is 0 Å². The van der Waals surface area contributed by atoms with Crippen LogP contribution < -0.4 is 10.1 Å². The lowest BCUT2D eigenvalue weighted by atomic mass is 10.3. The predicted molar refractivity (Wildman–Crippen MR) is 112 cm³/mol. The number of ether oxygens (including phenoxy) is 1. The standard InChI is InChI=1S/C19H23BrN2O5S/c1-4-22(5-2)28(24,25)17-13-14(7-10-16(17)26-6-3)21-19(23)12-9-15-8-11-18(20)27-15/h7-13H,4-6H2,1-3H3,(H,21,23)/b12-9+. The summed E-state index contributed by atoms with van der Waals surface area (Å²) in [6.07, 6.45) is 2.82. The maximum Gasteiger partial charge on any atom is 0.248 e. The van der Waals surface area contributed by atoms with Crippen molar-refractivity contribution in [2.24, 2.45) is 0 Å². The fraction of sp³-hybridized carbons (Fsp3) is 0.316. The van der Waals surface area contributed by atoms with Crippen molar-refractivity contribution >= 4 is 43.6 Å². The summed E-state index contributed by atoms with van der Waals surface area (Å²) in [5.41, 5.74) is 0.351. The summed E-state index contributed by atoms with van der Waals surface area (Å²) in [6, 6.07) is 7.98. The SMILES string of the molecule is CCOc1ccc(NC(=O)/C=C/c2ccc(Br)o2)cc1S(=O)(=O)N(CC)CC. The molecule has 0 unspecified atom stereocenters. The van der Waals surface area contributed by atoms with Crippen LogP contribution in [0.5, 0.6) is 5.75 Å². The molecule has 0 aliphatic rings. The van der Waals surface area contributed by atoms with Crippen LogP contribution in [0.1, 0.15) is 26.5 Å². The number of rotatable bonds is 9. The van der Waals surface area contributed by atoms with Crippen LogP contribution in [0.15, 0.2) is 50.4 Å². The zero-order chi connectivity index (χ0) is 20.7. The number of nitrogens with zero attached hydrogens (tertiary/aromatic N) is 1. The molecule has 7 nitrogen and oxygen atoms in total. The number of anilines is 1. The van der Waals surface area contributed by atoms with Crippen molar-refractivity contribution in [1.82, 2.24) is 4.31 Å². The lowest BCUT2D eigenvalue weighted by Gasteiger charge is -2.21. The lowest BCUT2D eigenvalue weighted by Crippen LogP contribution is -2.31. The summed E-state index contributed by atoms with van der Waals surface area (Å²) in [4.78, 5) is 12.2. The molecule has 1 aromatic carbocycles. The summed E-state index contributed by atoms with van der Waals surface area (Å²) < 4.78 is 38.6. The van der Waals surface area contributed by atoms with Crippen molar-refractivity contribution in [3.05, 3.63) is 46.8 Å². The first-order valence-electron chi connectivity index (χ1n) is 8.83. The Balaban J connectivity index is 2.28. The highest BCUT2D eigenvalue weighted by Gasteiger charge is 2.26. The van der Waals surface area contributed by atoms with Crippen LogP contribution >= 0.6 is 15.9 Å². The summed E-state index contributed by atoms with van der Waals surface area (Å²) >= 11 is 3.19. The Morgan fingerprint density at radius 2 is 1.93 bits per heavy atom. The van der Waals surface area contributed by atoms with Gasteiger partial charge in [0.2, 0.25) is 15.9 Å². The Bertz CT molecular complexity index is 949. The lowest BCUT2D eigenvalue weighted by molar-refractivity contribution is -0.111. The van der Waals surface area contributed by atoms with Gasteiger partial charge in [0.05, 0.1) is 6.61 Å². The van der Waals surface area contributed by atoms with Gasteiger partial charge in [0.15, 0.2) is 4.67 Å². The molecule has 0 bridgehead atoms. The van der Waals surface area contributed by atoms with Gasteiger partial charge in [0.25, 0.3) is 0 Å². The Morgan fingerprint density at radius 1 is 1.21 bits per heavy atom. The fourth-order valence-electron chi connectivity index (χ4n) is 2.52. The van der Waals surface area contributed by atoms with E-state index in [0.29, 0.717) is 35.8 Å². The number of sulfonamides is 1. The highest BCUT2D eigenvalue weighted by molar-refractivity contribution is 9.10. The fourth-order valence-corrected chi connectivity index (χ4v) is 4.46. The highest BCUT2D eigenvalue weighted by atomic mass is 79.9. The number of carbonyl (C=O) groups is 1. The molecular formula is C19H23BrN2O5S. The summed E-state index contributed by atoms with van der Waals surface area (Å²) in [6.45, 7) is 6.32. The number of amides is 1. The topological polar surface area (TPSA) is 88.8 Å². The molecule has 1 heterocycles. The van der Waals surface area contributed by atoms with E-state index >= 15 is 0 Å². The number of furan rings is 1. The normalized spacial score (nSPS) is 11.9. The van der Waals surface area contributed by atoms with E-state index in [4.69, 9.17) is 9.15 Å².